The van der Waals surface area contributed by atoms with E-state index in [2.05, 4.69) is 20.4 Å². The van der Waals surface area contributed by atoms with Crippen molar-refractivity contribution >= 4 is 13.0 Å². The molecule has 0 amide bonds. The third kappa shape index (κ3) is 23.7. The molecular weight excluding hydrogens is 704 g/mol. The minimum atomic E-state index is -7.03. The van der Waals surface area contributed by atoms with Gasteiger partial charge >= 0.3 is 236 Å². The van der Waals surface area contributed by atoms with Gasteiger partial charge in [-0.15, -0.1) is 0 Å². The van der Waals surface area contributed by atoms with E-state index in [9.17, 15) is 17.2 Å². The van der Waals surface area contributed by atoms with Crippen LogP contribution in [0.1, 0.15) is 240 Å². The van der Waals surface area contributed by atoms with Gasteiger partial charge in [0.05, 0.1) is 0 Å². The van der Waals surface area contributed by atoms with Gasteiger partial charge in [0.2, 0.25) is 0 Å². The molecule has 7 heteroatoms. The van der Waals surface area contributed by atoms with Crippen LogP contribution in [-0.2, 0) is 42.5 Å². The van der Waals surface area contributed by atoms with E-state index in [1.807, 2.05) is 0 Å². The van der Waals surface area contributed by atoms with E-state index in [4.69, 9.17) is 5.63 Å². The third-order valence-electron chi connectivity index (χ3n) is 10.1. The van der Waals surface area contributed by atoms with Crippen LogP contribution < -0.4 is 0 Å². The summed E-state index contributed by atoms with van der Waals surface area (Å²) in [5.41, 5.74) is -0.00638. The number of unbranched alkanes of at least 4 members (excludes halogenated alkanes) is 28. The van der Waals surface area contributed by atoms with E-state index in [1.54, 1.807) is 13.8 Å². The molecule has 0 aromatic carbocycles. The second-order valence-corrected chi connectivity index (χ2v) is 24.2. The standard InChI is InChI=1S/2C18H35O.C4H6O2.C3H7O.O.Zr/c2*1-2-3-4-5-6-7-8-9-10-11-12-13-14-15-16-17-18-19;1-3(2)4(5)6;1-3(2)4;;/h2*2-17H2,1H3;1H2,2H3,(H,5,6);3H,1-2H3;;/q;;;-1;;+2/p-1. The Labute approximate surface area is 312 Å². The summed E-state index contributed by atoms with van der Waals surface area (Å²) in [4.78, 5) is 40.2. The molecule has 0 aromatic rings. The van der Waals surface area contributed by atoms with Gasteiger partial charge in [0.25, 0.3) is 0 Å². The molecule has 0 aliphatic heterocycles. The van der Waals surface area contributed by atoms with Gasteiger partial charge in [0.1, 0.15) is 0 Å². The third-order valence-corrected chi connectivity index (χ3v) is 19.6. The number of hydrogen-bond donors (Lipinski definition) is 0. The molecule has 0 bridgehead atoms. The van der Waals surface area contributed by atoms with Crippen LogP contribution in [0.25, 0.3) is 0 Å². The molecule has 6 nitrogen and oxygen atoms in total. The van der Waals surface area contributed by atoms with Crippen LogP contribution >= 0.6 is 0 Å². The van der Waals surface area contributed by atoms with Crippen molar-refractivity contribution in [1.82, 2.24) is 0 Å². The Balaban J connectivity index is 4.66. The first-order valence-electron chi connectivity index (χ1n) is 21.5. The van der Waals surface area contributed by atoms with Gasteiger partial charge < -0.3 is 0 Å². The van der Waals surface area contributed by atoms with Crippen molar-refractivity contribution in [2.75, 3.05) is 0 Å². The predicted octanol–water partition coefficient (Wildman–Crippen LogP) is 14.0. The van der Waals surface area contributed by atoms with E-state index >= 15 is 0 Å². The van der Waals surface area contributed by atoms with Crippen molar-refractivity contribution in [2.24, 2.45) is 0 Å². The predicted molar refractivity (Wildman–Crippen MR) is 207 cm³/mol. The van der Waals surface area contributed by atoms with Crippen molar-refractivity contribution in [3.05, 3.63) is 12.2 Å². The Hall–Kier alpha value is -0.807. The van der Waals surface area contributed by atoms with E-state index in [-0.39, 0.29) is 18.4 Å². The van der Waals surface area contributed by atoms with Crippen LogP contribution in [0.4, 0.5) is 0 Å². The van der Waals surface area contributed by atoms with Crippen molar-refractivity contribution in [2.45, 2.75) is 246 Å². The monoisotopic (exact) mass is 785 g/mol. The molecule has 0 aliphatic carbocycles. The molecule has 0 fully saturated rings. The molecule has 0 spiro atoms. The minimum Gasteiger partial charge on any atom is -0.0654 e. The van der Waals surface area contributed by atoms with Gasteiger partial charge in [-0.05, 0) is 0 Å². The number of carbonyl (C=O) groups is 3. The van der Waals surface area contributed by atoms with E-state index in [0.717, 1.165) is 38.5 Å². The second kappa shape index (κ2) is 31.7. The molecule has 50 heavy (non-hydrogen) atoms. The zero-order chi connectivity index (χ0) is 37.4. The summed E-state index contributed by atoms with van der Waals surface area (Å²) in [6, 6.07) is 0. The first-order chi connectivity index (χ1) is 24.0. The van der Waals surface area contributed by atoms with Crippen LogP contribution in [0, 0.1) is 0 Å². The Morgan fingerprint density at radius 2 is 0.720 bits per heavy atom. The zero-order valence-corrected chi connectivity index (χ0v) is 36.3. The van der Waals surface area contributed by atoms with Gasteiger partial charge in [-0.25, -0.2) is 0 Å². The molecule has 0 saturated heterocycles. The molecule has 0 N–H and O–H groups in total. The first-order valence-corrected chi connectivity index (χ1v) is 27.0. The Morgan fingerprint density at radius 1 is 0.480 bits per heavy atom. The fraction of sp³-hybridized carbons (Fsp3) is 0.884. The van der Waals surface area contributed by atoms with Gasteiger partial charge in [-0.3, -0.25) is 0 Å². The molecule has 294 valence electrons. The molecular formula is C43H82O6Zr. The van der Waals surface area contributed by atoms with Crippen LogP contribution in [-0.4, -0.2) is 19.1 Å². The minimum absolute atomic E-state index is 0.00638. The zero-order valence-electron chi connectivity index (χ0n) is 33.9. The summed E-state index contributed by atoms with van der Waals surface area (Å²) in [7, 11) is 0. The van der Waals surface area contributed by atoms with Crippen LogP contribution in [0.2, 0.25) is 0 Å². The molecule has 0 unspecified atom stereocenters. The molecule has 0 radical (unpaired) electrons. The molecule has 0 atom stereocenters. The molecule has 0 rings (SSSR count). The average Bonchev–Trinajstić information content (AvgIpc) is 3.07. The van der Waals surface area contributed by atoms with Gasteiger partial charge in [-0.1, -0.05) is 78.1 Å². The molecule has 0 heterocycles. The van der Waals surface area contributed by atoms with Gasteiger partial charge in [0, 0.05) is 0 Å². The van der Waals surface area contributed by atoms with E-state index in [0.29, 0.717) is 12.8 Å². The van der Waals surface area contributed by atoms with Crippen LogP contribution in [0.5, 0.6) is 0 Å². The first kappa shape index (κ1) is 49.2. The summed E-state index contributed by atoms with van der Waals surface area (Å²) in [5, 5.41) is 0. The summed E-state index contributed by atoms with van der Waals surface area (Å²) in [6.45, 7) is 12.8. The van der Waals surface area contributed by atoms with Crippen molar-refractivity contribution in [3.63, 3.8) is 0 Å². The summed E-state index contributed by atoms with van der Waals surface area (Å²) in [6.07, 6.45) is 34.9. The maximum atomic E-state index is 14.8. The maximum absolute atomic E-state index is 14.8. The quantitative estimate of drug-likeness (QED) is 0.0458. The summed E-state index contributed by atoms with van der Waals surface area (Å²) >= 11 is -7.03. The van der Waals surface area contributed by atoms with Crippen molar-refractivity contribution < 1.29 is 42.5 Å². The smallest absolute Gasteiger partial charge is 0.0654 e. The Bertz CT molecular complexity index is 905. The van der Waals surface area contributed by atoms with Crippen LogP contribution in [0.15, 0.2) is 12.2 Å². The van der Waals surface area contributed by atoms with Crippen molar-refractivity contribution in [3.8, 4) is 0 Å². The van der Waals surface area contributed by atoms with Gasteiger partial charge in [-0.2, -0.15) is 0 Å². The van der Waals surface area contributed by atoms with Crippen LogP contribution in [0.3, 0.4) is 0 Å². The summed E-state index contributed by atoms with van der Waals surface area (Å²) in [5.74, 6) is -0.985. The van der Waals surface area contributed by atoms with Gasteiger partial charge in [0.15, 0.2) is 0 Å². The Kier molecular flexibility index (Phi) is 31.2. The topological polar surface area (TPSA) is 86.7 Å². The van der Waals surface area contributed by atoms with Crippen molar-refractivity contribution in [1.29, 1.82) is 0 Å². The Morgan fingerprint density at radius 3 is 0.940 bits per heavy atom. The normalized spacial score (nSPS) is 12.1. The summed E-state index contributed by atoms with van der Waals surface area (Å²) < 4.78 is 24.4. The second-order valence-electron chi connectivity index (χ2n) is 15.6. The molecule has 0 aromatic heterocycles. The van der Waals surface area contributed by atoms with E-state index < -0.39 is 38.7 Å². The van der Waals surface area contributed by atoms with E-state index in [1.165, 1.54) is 148 Å². The molecule has 0 aliphatic rings. The molecule has 0 saturated carbocycles. The number of carbonyl (C=O) groups excluding carboxylic acids is 3. The fourth-order valence-electron chi connectivity index (χ4n) is 6.85. The number of hydrogen-bond acceptors (Lipinski definition) is 6. The fourth-order valence-corrected chi connectivity index (χ4v) is 15.3. The number of rotatable bonds is 38. The average molecular weight is 786 g/mol. The SMILES string of the molecule is C=C(C)C(=O)[O][Zr](=[O])([O]C(C)C)([C](=O)CCCCCCCCCCCCCCCCC)[C](=O)CCCCCCCCCCCCCCCCC.